The number of halogens is 1. The maximum Gasteiger partial charge on any atom is 0.248 e. The summed E-state index contributed by atoms with van der Waals surface area (Å²) in [5.74, 6) is 0.546. The number of hydrogen-bond acceptors (Lipinski definition) is 5. The van der Waals surface area contributed by atoms with Gasteiger partial charge in [-0.2, -0.15) is 4.98 Å². The first-order chi connectivity index (χ1) is 15.1. The first-order valence-electron chi connectivity index (χ1n) is 9.80. The van der Waals surface area contributed by atoms with Gasteiger partial charge in [0.15, 0.2) is 0 Å². The van der Waals surface area contributed by atoms with E-state index in [1.807, 2.05) is 48.5 Å². The van der Waals surface area contributed by atoms with Crippen molar-refractivity contribution in [1.82, 2.24) is 15.0 Å². The highest BCUT2D eigenvalue weighted by molar-refractivity contribution is 6.30. The largest absolute Gasteiger partial charge is 0.366 e. The molecular weight excluding hydrogens is 412 g/mol. The number of nitrogens with zero attached hydrogens (tertiary/aromatic N) is 3. The van der Waals surface area contributed by atoms with Gasteiger partial charge in [0.1, 0.15) is 0 Å². The summed E-state index contributed by atoms with van der Waals surface area (Å²) in [6.07, 6.45) is 0. The van der Waals surface area contributed by atoms with Gasteiger partial charge >= 0.3 is 0 Å². The van der Waals surface area contributed by atoms with Crippen molar-refractivity contribution in [3.8, 4) is 11.4 Å². The third kappa shape index (κ3) is 5.57. The Hall–Kier alpha value is -3.48. The summed E-state index contributed by atoms with van der Waals surface area (Å²) < 4.78 is 5.51. The normalized spacial score (nSPS) is 11.0. The van der Waals surface area contributed by atoms with Crippen LogP contribution in [0, 0.1) is 0 Å². The van der Waals surface area contributed by atoms with Crippen molar-refractivity contribution >= 4 is 17.5 Å². The molecule has 0 bridgehead atoms. The fourth-order valence-corrected chi connectivity index (χ4v) is 3.54. The van der Waals surface area contributed by atoms with Crippen LogP contribution >= 0.6 is 11.6 Å². The second kappa shape index (κ2) is 9.55. The smallest absolute Gasteiger partial charge is 0.248 e. The van der Waals surface area contributed by atoms with Gasteiger partial charge in [0.25, 0.3) is 0 Å². The van der Waals surface area contributed by atoms with Gasteiger partial charge in [0, 0.05) is 29.2 Å². The minimum absolute atomic E-state index is 0.445. The number of primary amides is 1. The molecule has 31 heavy (non-hydrogen) atoms. The second-order valence-corrected chi connectivity index (χ2v) is 7.65. The summed E-state index contributed by atoms with van der Waals surface area (Å²) in [6.45, 7) is 1.71. The zero-order chi connectivity index (χ0) is 21.6. The Morgan fingerprint density at radius 2 is 1.65 bits per heavy atom. The van der Waals surface area contributed by atoms with Gasteiger partial charge in [-0.1, -0.05) is 71.4 Å². The first-order valence-corrected chi connectivity index (χ1v) is 10.2. The number of rotatable bonds is 8. The molecule has 1 heterocycles. The van der Waals surface area contributed by atoms with Crippen LogP contribution in [0.1, 0.15) is 27.4 Å². The minimum atomic E-state index is -0.445. The molecule has 4 aromatic rings. The molecule has 156 valence electrons. The van der Waals surface area contributed by atoms with E-state index in [0.29, 0.717) is 41.9 Å². The third-order valence-electron chi connectivity index (χ3n) is 4.78. The highest BCUT2D eigenvalue weighted by atomic mass is 35.5. The number of nitrogens with two attached hydrogens (primary N) is 1. The van der Waals surface area contributed by atoms with Gasteiger partial charge in [0.2, 0.25) is 17.6 Å². The minimum Gasteiger partial charge on any atom is -0.366 e. The molecule has 0 saturated carbocycles. The van der Waals surface area contributed by atoms with Crippen LogP contribution in [0.5, 0.6) is 0 Å². The second-order valence-electron chi connectivity index (χ2n) is 7.22. The number of hydrogen-bond donors (Lipinski definition) is 1. The van der Waals surface area contributed by atoms with E-state index in [2.05, 4.69) is 27.2 Å². The predicted molar refractivity (Wildman–Crippen MR) is 119 cm³/mol. The van der Waals surface area contributed by atoms with Gasteiger partial charge in [-0.25, -0.2) is 0 Å². The highest BCUT2D eigenvalue weighted by Crippen LogP contribution is 2.21. The Morgan fingerprint density at radius 3 is 2.42 bits per heavy atom. The molecule has 0 spiro atoms. The predicted octanol–water partition coefficient (Wildman–Crippen LogP) is 4.69. The number of carbonyl (C=O) groups is 1. The monoisotopic (exact) mass is 432 g/mol. The molecular formula is C24H21ClN4O2. The molecule has 1 aromatic heterocycles. The van der Waals surface area contributed by atoms with Gasteiger partial charge in [-0.3, -0.25) is 9.69 Å². The number of amides is 1. The molecule has 3 aromatic carbocycles. The summed E-state index contributed by atoms with van der Waals surface area (Å²) in [7, 11) is 0. The lowest BCUT2D eigenvalue weighted by molar-refractivity contribution is 0.1000. The SMILES string of the molecule is NC(=O)c1cccc(CN(Cc2ccccc2)Cc2nc(-c3cccc(Cl)c3)no2)c1. The lowest BCUT2D eigenvalue weighted by atomic mass is 10.1. The molecule has 0 aliphatic carbocycles. The zero-order valence-corrected chi connectivity index (χ0v) is 17.5. The average Bonchev–Trinajstić information content (AvgIpc) is 3.23. The van der Waals surface area contributed by atoms with E-state index in [1.165, 1.54) is 0 Å². The quantitative estimate of drug-likeness (QED) is 0.436. The lowest BCUT2D eigenvalue weighted by Gasteiger charge is -2.21. The fourth-order valence-electron chi connectivity index (χ4n) is 3.35. The Labute approximate surface area is 185 Å². The van der Waals surface area contributed by atoms with Gasteiger partial charge in [-0.05, 0) is 35.4 Å². The summed E-state index contributed by atoms with van der Waals surface area (Å²) in [5, 5.41) is 4.71. The van der Waals surface area contributed by atoms with E-state index in [-0.39, 0.29) is 0 Å². The molecule has 0 unspecified atom stereocenters. The van der Waals surface area contributed by atoms with Crippen LogP contribution in [0.2, 0.25) is 5.02 Å². The Balaban J connectivity index is 1.56. The average molecular weight is 433 g/mol. The van der Waals surface area contributed by atoms with Gasteiger partial charge in [-0.15, -0.1) is 0 Å². The topological polar surface area (TPSA) is 85.3 Å². The van der Waals surface area contributed by atoms with Crippen LogP contribution in [0.25, 0.3) is 11.4 Å². The van der Waals surface area contributed by atoms with Gasteiger partial charge < -0.3 is 10.3 Å². The maximum absolute atomic E-state index is 11.5. The van der Waals surface area contributed by atoms with Crippen molar-refractivity contribution in [1.29, 1.82) is 0 Å². The fraction of sp³-hybridized carbons (Fsp3) is 0.125. The molecule has 0 aliphatic heterocycles. The number of carbonyl (C=O) groups excluding carboxylic acids is 1. The van der Waals surface area contributed by atoms with Crippen LogP contribution in [-0.4, -0.2) is 20.9 Å². The summed E-state index contributed by atoms with van der Waals surface area (Å²) in [5.41, 5.74) is 8.85. The lowest BCUT2D eigenvalue weighted by Crippen LogP contribution is -2.23. The molecule has 0 atom stereocenters. The molecule has 0 aliphatic rings. The van der Waals surface area contributed by atoms with E-state index < -0.39 is 5.91 Å². The number of aromatic nitrogens is 2. The van der Waals surface area contributed by atoms with Crippen molar-refractivity contribution < 1.29 is 9.32 Å². The molecule has 2 N–H and O–H groups in total. The summed E-state index contributed by atoms with van der Waals surface area (Å²) in [4.78, 5) is 18.3. The molecule has 0 saturated heterocycles. The molecule has 0 fully saturated rings. The third-order valence-corrected chi connectivity index (χ3v) is 5.01. The van der Waals surface area contributed by atoms with Crippen LogP contribution < -0.4 is 5.73 Å². The first kappa shape index (κ1) is 20.8. The van der Waals surface area contributed by atoms with Crippen LogP contribution in [-0.2, 0) is 19.6 Å². The van der Waals surface area contributed by atoms with Crippen molar-refractivity contribution in [3.63, 3.8) is 0 Å². The Morgan fingerprint density at radius 1 is 0.903 bits per heavy atom. The van der Waals surface area contributed by atoms with E-state index in [1.54, 1.807) is 18.2 Å². The maximum atomic E-state index is 11.5. The van der Waals surface area contributed by atoms with E-state index >= 15 is 0 Å². The highest BCUT2D eigenvalue weighted by Gasteiger charge is 2.15. The van der Waals surface area contributed by atoms with E-state index in [9.17, 15) is 4.79 Å². The number of benzene rings is 3. The van der Waals surface area contributed by atoms with Crippen LogP contribution in [0.3, 0.4) is 0 Å². The van der Waals surface area contributed by atoms with Crippen molar-refractivity contribution in [2.24, 2.45) is 5.73 Å². The molecule has 4 rings (SSSR count). The summed E-state index contributed by atoms with van der Waals surface area (Å²) >= 11 is 6.07. The van der Waals surface area contributed by atoms with E-state index in [0.717, 1.165) is 16.7 Å². The van der Waals surface area contributed by atoms with Crippen molar-refractivity contribution in [2.75, 3.05) is 0 Å². The Kier molecular flexibility index (Phi) is 6.40. The van der Waals surface area contributed by atoms with Gasteiger partial charge in [0.05, 0.1) is 6.54 Å². The molecule has 6 nitrogen and oxygen atoms in total. The summed E-state index contributed by atoms with van der Waals surface area (Å²) in [6, 6.07) is 24.8. The van der Waals surface area contributed by atoms with E-state index in [4.69, 9.17) is 21.9 Å². The van der Waals surface area contributed by atoms with Crippen molar-refractivity contribution in [3.05, 3.63) is 106 Å². The molecule has 1 amide bonds. The van der Waals surface area contributed by atoms with Crippen LogP contribution in [0.4, 0.5) is 0 Å². The molecule has 7 heteroatoms. The standard InChI is InChI=1S/C24H21ClN4O2/c25-21-11-5-10-20(13-21)24-27-22(31-28-24)16-29(14-17-6-2-1-3-7-17)15-18-8-4-9-19(12-18)23(26)30/h1-13H,14-16H2,(H2,26,30). The Bertz CT molecular complexity index is 1180. The van der Waals surface area contributed by atoms with Crippen molar-refractivity contribution in [2.45, 2.75) is 19.6 Å². The zero-order valence-electron chi connectivity index (χ0n) is 16.7. The van der Waals surface area contributed by atoms with Crippen LogP contribution in [0.15, 0.2) is 83.4 Å². The molecule has 0 radical (unpaired) electrons.